The van der Waals surface area contributed by atoms with Gasteiger partial charge >= 0.3 is 0 Å². The third-order valence-corrected chi connectivity index (χ3v) is 4.70. The number of nitrogens with one attached hydrogen (secondary N) is 1. The van der Waals surface area contributed by atoms with E-state index in [1.54, 1.807) is 23.5 Å². The molecule has 0 radical (unpaired) electrons. The van der Waals surface area contributed by atoms with Gasteiger partial charge in [0.2, 0.25) is 0 Å². The second kappa shape index (κ2) is 6.40. The number of nitrogens with zero attached hydrogens (tertiary/aromatic N) is 2. The van der Waals surface area contributed by atoms with Crippen LogP contribution < -0.4 is 5.32 Å². The number of halogens is 1. The molecule has 0 spiro atoms. The Labute approximate surface area is 133 Å². The maximum Gasteiger partial charge on any atom is 0.138 e. The van der Waals surface area contributed by atoms with Gasteiger partial charge in [0.25, 0.3) is 0 Å². The monoisotopic (exact) mass is 315 g/mol. The van der Waals surface area contributed by atoms with Crippen molar-refractivity contribution < 1.29 is 4.39 Å². The molecule has 2 aromatic heterocycles. The fraction of sp³-hybridized carbons (Fsp3) is 0.294. The number of thiophene rings is 1. The van der Waals surface area contributed by atoms with E-state index in [1.165, 1.54) is 17.0 Å². The van der Waals surface area contributed by atoms with E-state index >= 15 is 0 Å². The highest BCUT2D eigenvalue weighted by Crippen LogP contribution is 2.29. The Morgan fingerprint density at radius 1 is 1.09 bits per heavy atom. The molecule has 0 unspecified atom stereocenters. The van der Waals surface area contributed by atoms with Crippen molar-refractivity contribution in [1.82, 2.24) is 9.97 Å². The molecule has 0 saturated heterocycles. The van der Waals surface area contributed by atoms with E-state index in [-0.39, 0.29) is 5.82 Å². The van der Waals surface area contributed by atoms with Crippen LogP contribution in [0.2, 0.25) is 0 Å². The Hall–Kier alpha value is -2.01. The van der Waals surface area contributed by atoms with Crippen LogP contribution in [-0.4, -0.2) is 9.97 Å². The van der Waals surface area contributed by atoms with Gasteiger partial charge in [0.1, 0.15) is 22.3 Å². The van der Waals surface area contributed by atoms with E-state index in [2.05, 4.69) is 35.2 Å². The SMILES string of the molecule is CCc1nc(NCc2ccc(F)cc2)c2cc(CC)sc2n1. The lowest BCUT2D eigenvalue weighted by Crippen LogP contribution is -2.04. The van der Waals surface area contributed by atoms with Crippen LogP contribution in [0.1, 0.15) is 30.1 Å². The summed E-state index contributed by atoms with van der Waals surface area (Å²) in [7, 11) is 0. The molecule has 3 rings (SSSR count). The summed E-state index contributed by atoms with van der Waals surface area (Å²) >= 11 is 1.72. The van der Waals surface area contributed by atoms with E-state index in [9.17, 15) is 4.39 Å². The van der Waals surface area contributed by atoms with Gasteiger partial charge in [-0.1, -0.05) is 26.0 Å². The smallest absolute Gasteiger partial charge is 0.138 e. The van der Waals surface area contributed by atoms with Gasteiger partial charge in [-0.15, -0.1) is 11.3 Å². The van der Waals surface area contributed by atoms with Crippen LogP contribution in [0, 0.1) is 5.82 Å². The number of hydrogen-bond acceptors (Lipinski definition) is 4. The Morgan fingerprint density at radius 2 is 1.86 bits per heavy atom. The summed E-state index contributed by atoms with van der Waals surface area (Å²) in [6.45, 7) is 4.82. The molecule has 0 saturated carbocycles. The predicted molar refractivity (Wildman–Crippen MR) is 89.9 cm³/mol. The first kappa shape index (κ1) is 14.9. The number of anilines is 1. The first-order chi connectivity index (χ1) is 10.7. The van der Waals surface area contributed by atoms with Gasteiger partial charge in [0.15, 0.2) is 0 Å². The first-order valence-corrected chi connectivity index (χ1v) is 8.29. The molecule has 0 aliphatic heterocycles. The van der Waals surface area contributed by atoms with E-state index in [1.807, 2.05) is 0 Å². The average Bonchev–Trinajstić information content (AvgIpc) is 2.97. The van der Waals surface area contributed by atoms with Gasteiger partial charge < -0.3 is 5.32 Å². The third-order valence-electron chi connectivity index (χ3n) is 3.53. The number of fused-ring (bicyclic) bond motifs is 1. The lowest BCUT2D eigenvalue weighted by molar-refractivity contribution is 0.627. The molecular weight excluding hydrogens is 297 g/mol. The number of aromatic nitrogens is 2. The highest BCUT2D eigenvalue weighted by Gasteiger charge is 2.10. The molecule has 114 valence electrons. The van der Waals surface area contributed by atoms with Gasteiger partial charge in [-0.05, 0) is 30.2 Å². The van der Waals surface area contributed by atoms with Gasteiger partial charge in [-0.3, -0.25) is 0 Å². The standard InChI is InChI=1S/C17H18FN3S/c1-3-13-9-14-16(20-15(4-2)21-17(14)22-13)19-10-11-5-7-12(18)8-6-11/h5-9H,3-4,10H2,1-2H3,(H,19,20,21). The second-order valence-electron chi connectivity index (χ2n) is 5.11. The Morgan fingerprint density at radius 3 is 2.55 bits per heavy atom. The fourth-order valence-electron chi connectivity index (χ4n) is 2.27. The van der Waals surface area contributed by atoms with Crippen molar-refractivity contribution >= 4 is 27.4 Å². The van der Waals surface area contributed by atoms with Crippen LogP contribution in [0.3, 0.4) is 0 Å². The number of rotatable bonds is 5. The molecule has 0 amide bonds. The van der Waals surface area contributed by atoms with Gasteiger partial charge in [-0.25, -0.2) is 14.4 Å². The molecule has 0 aliphatic carbocycles. The van der Waals surface area contributed by atoms with Crippen LogP contribution in [0.25, 0.3) is 10.2 Å². The molecule has 5 heteroatoms. The average molecular weight is 315 g/mol. The van der Waals surface area contributed by atoms with Crippen LogP contribution in [0.15, 0.2) is 30.3 Å². The summed E-state index contributed by atoms with van der Waals surface area (Å²) < 4.78 is 13.0. The molecule has 1 aromatic carbocycles. The quantitative estimate of drug-likeness (QED) is 0.749. The van der Waals surface area contributed by atoms with Crippen LogP contribution in [-0.2, 0) is 19.4 Å². The number of hydrogen-bond donors (Lipinski definition) is 1. The molecule has 0 fully saturated rings. The lowest BCUT2D eigenvalue weighted by Gasteiger charge is -2.08. The Bertz CT molecular complexity index is 780. The van der Waals surface area contributed by atoms with Gasteiger partial charge in [0, 0.05) is 17.8 Å². The molecule has 22 heavy (non-hydrogen) atoms. The number of aryl methyl sites for hydroxylation is 2. The highest BCUT2D eigenvalue weighted by atomic mass is 32.1. The zero-order chi connectivity index (χ0) is 15.5. The molecule has 3 aromatic rings. The molecule has 0 atom stereocenters. The summed E-state index contributed by atoms with van der Waals surface area (Å²) in [6, 6.07) is 8.68. The van der Waals surface area contributed by atoms with Gasteiger partial charge in [0.05, 0.1) is 5.39 Å². The third kappa shape index (κ3) is 3.09. The second-order valence-corrected chi connectivity index (χ2v) is 6.22. The Balaban J connectivity index is 1.90. The minimum Gasteiger partial charge on any atom is -0.365 e. The van der Waals surface area contributed by atoms with E-state index in [4.69, 9.17) is 0 Å². The minimum absolute atomic E-state index is 0.216. The van der Waals surface area contributed by atoms with E-state index in [0.29, 0.717) is 6.54 Å². The van der Waals surface area contributed by atoms with Crippen LogP contribution in [0.4, 0.5) is 10.2 Å². The van der Waals surface area contributed by atoms with Crippen molar-refractivity contribution in [3.05, 3.63) is 52.4 Å². The molecule has 1 N–H and O–H groups in total. The zero-order valence-electron chi connectivity index (χ0n) is 12.7. The van der Waals surface area contributed by atoms with Crippen LogP contribution in [0.5, 0.6) is 0 Å². The molecule has 2 heterocycles. The topological polar surface area (TPSA) is 37.8 Å². The van der Waals surface area contributed by atoms with Crippen molar-refractivity contribution in [2.24, 2.45) is 0 Å². The lowest BCUT2D eigenvalue weighted by atomic mass is 10.2. The van der Waals surface area contributed by atoms with Gasteiger partial charge in [-0.2, -0.15) is 0 Å². The fourth-order valence-corrected chi connectivity index (χ4v) is 3.26. The highest BCUT2D eigenvalue weighted by molar-refractivity contribution is 7.18. The van der Waals surface area contributed by atoms with E-state index in [0.717, 1.165) is 40.3 Å². The van der Waals surface area contributed by atoms with Crippen molar-refractivity contribution in [2.75, 3.05) is 5.32 Å². The minimum atomic E-state index is -0.216. The summed E-state index contributed by atoms with van der Waals surface area (Å²) in [4.78, 5) is 11.6. The van der Waals surface area contributed by atoms with E-state index < -0.39 is 0 Å². The van der Waals surface area contributed by atoms with Crippen molar-refractivity contribution in [3.8, 4) is 0 Å². The molecule has 3 nitrogen and oxygen atoms in total. The zero-order valence-corrected chi connectivity index (χ0v) is 13.5. The van der Waals surface area contributed by atoms with Crippen LogP contribution >= 0.6 is 11.3 Å². The maximum atomic E-state index is 13.0. The molecular formula is C17H18FN3S. The summed E-state index contributed by atoms with van der Waals surface area (Å²) in [5.74, 6) is 1.49. The summed E-state index contributed by atoms with van der Waals surface area (Å²) in [5.41, 5.74) is 1.03. The summed E-state index contributed by atoms with van der Waals surface area (Å²) in [6.07, 6.45) is 1.81. The number of benzene rings is 1. The predicted octanol–water partition coefficient (Wildman–Crippen LogP) is 4.57. The Kier molecular flexibility index (Phi) is 4.34. The molecule has 0 bridgehead atoms. The largest absolute Gasteiger partial charge is 0.365 e. The maximum absolute atomic E-state index is 13.0. The van der Waals surface area contributed by atoms with Crippen molar-refractivity contribution in [2.45, 2.75) is 33.2 Å². The van der Waals surface area contributed by atoms with Crippen molar-refractivity contribution in [1.29, 1.82) is 0 Å². The first-order valence-electron chi connectivity index (χ1n) is 7.47. The normalized spacial score (nSPS) is 11.0. The molecule has 0 aliphatic rings. The summed E-state index contributed by atoms with van der Waals surface area (Å²) in [5, 5.41) is 4.44. The van der Waals surface area contributed by atoms with Crippen molar-refractivity contribution in [3.63, 3.8) is 0 Å².